The van der Waals surface area contributed by atoms with E-state index in [9.17, 15) is 4.79 Å². The van der Waals surface area contributed by atoms with Crippen molar-refractivity contribution in [2.45, 2.75) is 19.8 Å². The summed E-state index contributed by atoms with van der Waals surface area (Å²) < 4.78 is 0. The molecule has 5 heteroatoms. The number of hydrogen-bond donors (Lipinski definition) is 2. The number of carbonyl (C=O) groups excluding carboxylic acids is 1. The van der Waals surface area contributed by atoms with Gasteiger partial charge in [-0.15, -0.1) is 0 Å². The second kappa shape index (κ2) is 6.26. The van der Waals surface area contributed by atoms with Gasteiger partial charge < -0.3 is 16.0 Å². The first-order valence-electron chi connectivity index (χ1n) is 6.62. The maximum atomic E-state index is 12.2. The van der Waals surface area contributed by atoms with Crippen LogP contribution in [0.15, 0.2) is 18.2 Å². The molecular weight excluding hydrogens is 262 g/mol. The molecule has 1 aliphatic heterocycles. The fourth-order valence-corrected chi connectivity index (χ4v) is 2.50. The number of rotatable bonds is 2. The van der Waals surface area contributed by atoms with Crippen molar-refractivity contribution in [1.82, 2.24) is 4.90 Å². The van der Waals surface area contributed by atoms with Crippen molar-refractivity contribution in [3.63, 3.8) is 0 Å². The average molecular weight is 282 g/mol. The van der Waals surface area contributed by atoms with E-state index in [1.165, 1.54) is 0 Å². The summed E-state index contributed by atoms with van der Waals surface area (Å²) in [7, 11) is 0. The zero-order valence-electron chi connectivity index (χ0n) is 11.2. The Hall–Kier alpha value is -1.26. The minimum Gasteiger partial charge on any atom is -0.330 e. The van der Waals surface area contributed by atoms with Gasteiger partial charge in [0.2, 0.25) is 0 Å². The third kappa shape index (κ3) is 3.61. The summed E-state index contributed by atoms with van der Waals surface area (Å²) in [5.74, 6) is 0.418. The van der Waals surface area contributed by atoms with E-state index in [1.54, 1.807) is 6.07 Å². The largest absolute Gasteiger partial charge is 0.330 e. The van der Waals surface area contributed by atoms with Crippen molar-refractivity contribution in [1.29, 1.82) is 0 Å². The lowest BCUT2D eigenvalue weighted by molar-refractivity contribution is 0.179. The lowest BCUT2D eigenvalue weighted by atomic mass is 9.99. The van der Waals surface area contributed by atoms with Crippen molar-refractivity contribution < 1.29 is 4.79 Å². The van der Waals surface area contributed by atoms with Crippen LogP contribution in [0.4, 0.5) is 10.5 Å². The predicted octanol–water partition coefficient (Wildman–Crippen LogP) is 2.85. The van der Waals surface area contributed by atoms with E-state index in [0.29, 0.717) is 17.5 Å². The highest BCUT2D eigenvalue weighted by Gasteiger charge is 2.22. The van der Waals surface area contributed by atoms with Crippen molar-refractivity contribution in [2.75, 3.05) is 25.0 Å². The second-order valence-electron chi connectivity index (χ2n) is 5.08. The number of carbonyl (C=O) groups is 1. The summed E-state index contributed by atoms with van der Waals surface area (Å²) in [6.07, 6.45) is 2.13. The highest BCUT2D eigenvalue weighted by Crippen LogP contribution is 2.21. The van der Waals surface area contributed by atoms with E-state index in [0.717, 1.165) is 37.2 Å². The predicted molar refractivity (Wildman–Crippen MR) is 78.6 cm³/mol. The normalized spacial score (nSPS) is 19.3. The zero-order chi connectivity index (χ0) is 13.8. The summed E-state index contributed by atoms with van der Waals surface area (Å²) in [4.78, 5) is 14.0. The number of hydrogen-bond acceptors (Lipinski definition) is 2. The first-order chi connectivity index (χ1) is 9.10. The first kappa shape index (κ1) is 14.2. The molecule has 104 valence electrons. The molecule has 1 aliphatic rings. The number of amides is 2. The molecule has 19 heavy (non-hydrogen) atoms. The molecule has 1 heterocycles. The van der Waals surface area contributed by atoms with E-state index in [1.807, 2.05) is 24.0 Å². The van der Waals surface area contributed by atoms with E-state index in [2.05, 4.69) is 5.32 Å². The van der Waals surface area contributed by atoms with Crippen LogP contribution in [0, 0.1) is 12.8 Å². The summed E-state index contributed by atoms with van der Waals surface area (Å²) in [6.45, 7) is 4.11. The molecule has 0 bridgehead atoms. The topological polar surface area (TPSA) is 58.4 Å². The van der Waals surface area contributed by atoms with Gasteiger partial charge in [-0.2, -0.15) is 0 Å². The average Bonchev–Trinajstić information content (AvgIpc) is 2.43. The molecule has 0 saturated carbocycles. The minimum absolute atomic E-state index is 0.0712. The van der Waals surface area contributed by atoms with Gasteiger partial charge in [0, 0.05) is 23.8 Å². The molecule has 0 spiro atoms. The van der Waals surface area contributed by atoms with Gasteiger partial charge in [0.1, 0.15) is 0 Å². The summed E-state index contributed by atoms with van der Waals surface area (Å²) in [5.41, 5.74) is 7.41. The van der Waals surface area contributed by atoms with Gasteiger partial charge >= 0.3 is 6.03 Å². The molecule has 1 aromatic carbocycles. The number of nitrogens with zero attached hydrogens (tertiary/aromatic N) is 1. The van der Waals surface area contributed by atoms with Gasteiger partial charge in [0.15, 0.2) is 0 Å². The first-order valence-corrected chi connectivity index (χ1v) is 7.00. The van der Waals surface area contributed by atoms with Crippen molar-refractivity contribution in [3.05, 3.63) is 28.8 Å². The number of piperidine rings is 1. The fraction of sp³-hybridized carbons (Fsp3) is 0.500. The highest BCUT2D eigenvalue weighted by atomic mass is 35.5. The molecule has 3 N–H and O–H groups in total. The van der Waals surface area contributed by atoms with Crippen LogP contribution in [-0.4, -0.2) is 30.6 Å². The van der Waals surface area contributed by atoms with Crippen molar-refractivity contribution in [2.24, 2.45) is 11.7 Å². The zero-order valence-corrected chi connectivity index (χ0v) is 11.9. The van der Waals surface area contributed by atoms with Gasteiger partial charge in [-0.1, -0.05) is 17.7 Å². The number of halogens is 1. The summed E-state index contributed by atoms with van der Waals surface area (Å²) in [6, 6.07) is 5.47. The van der Waals surface area contributed by atoms with Crippen LogP contribution in [0.25, 0.3) is 0 Å². The van der Waals surface area contributed by atoms with E-state index >= 15 is 0 Å². The Labute approximate surface area is 118 Å². The van der Waals surface area contributed by atoms with Gasteiger partial charge in [0.05, 0.1) is 0 Å². The standard InChI is InChI=1S/C14H20ClN3O/c1-10-4-5-12(7-13(10)15)17-14(19)18-6-2-3-11(8-16)9-18/h4-5,7,11H,2-3,6,8-9,16H2,1H3,(H,17,19). The Morgan fingerprint density at radius 3 is 3.05 bits per heavy atom. The molecular formula is C14H20ClN3O. The van der Waals surface area contributed by atoms with Gasteiger partial charge in [-0.05, 0) is 49.9 Å². The number of urea groups is 1. The number of nitrogens with two attached hydrogens (primary N) is 1. The smallest absolute Gasteiger partial charge is 0.321 e. The molecule has 1 aromatic rings. The summed E-state index contributed by atoms with van der Waals surface area (Å²) in [5, 5.41) is 3.55. The van der Waals surface area contributed by atoms with E-state index < -0.39 is 0 Å². The number of nitrogens with one attached hydrogen (secondary N) is 1. The second-order valence-corrected chi connectivity index (χ2v) is 5.49. The molecule has 1 saturated heterocycles. The maximum Gasteiger partial charge on any atom is 0.321 e. The monoisotopic (exact) mass is 281 g/mol. The summed E-state index contributed by atoms with van der Waals surface area (Å²) >= 11 is 6.05. The molecule has 1 unspecified atom stereocenters. The molecule has 4 nitrogen and oxygen atoms in total. The Morgan fingerprint density at radius 1 is 1.58 bits per heavy atom. The van der Waals surface area contributed by atoms with E-state index in [4.69, 9.17) is 17.3 Å². The Kier molecular flexibility index (Phi) is 4.66. The van der Waals surface area contributed by atoms with Crippen LogP contribution in [0.5, 0.6) is 0 Å². The van der Waals surface area contributed by atoms with Gasteiger partial charge in [0.25, 0.3) is 0 Å². The molecule has 2 rings (SSSR count). The number of likely N-dealkylation sites (tertiary alicyclic amines) is 1. The Bertz CT molecular complexity index is 464. The maximum absolute atomic E-state index is 12.2. The van der Waals surface area contributed by atoms with Crippen LogP contribution >= 0.6 is 11.6 Å². The van der Waals surface area contributed by atoms with Crippen LogP contribution < -0.4 is 11.1 Å². The van der Waals surface area contributed by atoms with Crippen LogP contribution in [0.1, 0.15) is 18.4 Å². The van der Waals surface area contributed by atoms with Crippen LogP contribution in [0.3, 0.4) is 0 Å². The Balaban J connectivity index is 1.98. The lowest BCUT2D eigenvalue weighted by Crippen LogP contribution is -2.44. The molecule has 2 amide bonds. The van der Waals surface area contributed by atoms with Gasteiger partial charge in [-0.25, -0.2) is 4.79 Å². The third-order valence-corrected chi connectivity index (χ3v) is 3.97. The van der Waals surface area contributed by atoms with Gasteiger partial charge in [-0.3, -0.25) is 0 Å². The number of benzene rings is 1. The van der Waals surface area contributed by atoms with E-state index in [-0.39, 0.29) is 6.03 Å². The van der Waals surface area contributed by atoms with Crippen LogP contribution in [0.2, 0.25) is 5.02 Å². The van der Waals surface area contributed by atoms with Crippen LogP contribution in [-0.2, 0) is 0 Å². The van der Waals surface area contributed by atoms with Crippen molar-refractivity contribution >= 4 is 23.3 Å². The molecule has 0 aliphatic carbocycles. The SMILES string of the molecule is Cc1ccc(NC(=O)N2CCCC(CN)C2)cc1Cl. The third-order valence-electron chi connectivity index (χ3n) is 3.56. The molecule has 1 fully saturated rings. The molecule has 1 atom stereocenters. The number of anilines is 1. The Morgan fingerprint density at radius 2 is 2.37 bits per heavy atom. The minimum atomic E-state index is -0.0712. The highest BCUT2D eigenvalue weighted by molar-refractivity contribution is 6.31. The lowest BCUT2D eigenvalue weighted by Gasteiger charge is -2.32. The molecule has 0 aromatic heterocycles. The van der Waals surface area contributed by atoms with Crippen molar-refractivity contribution in [3.8, 4) is 0 Å². The molecule has 0 radical (unpaired) electrons. The quantitative estimate of drug-likeness (QED) is 0.876. The fourth-order valence-electron chi connectivity index (χ4n) is 2.32. The number of aryl methyl sites for hydroxylation is 1.